The molecule has 3 rings (SSSR count). The van der Waals surface area contributed by atoms with Crippen molar-refractivity contribution in [1.29, 1.82) is 0 Å². The van der Waals surface area contributed by atoms with Crippen molar-refractivity contribution < 1.29 is 0 Å². The first-order valence-corrected chi connectivity index (χ1v) is 8.59. The van der Waals surface area contributed by atoms with Crippen LogP contribution in [0.2, 0.25) is 0 Å². The van der Waals surface area contributed by atoms with Crippen LogP contribution < -0.4 is 10.2 Å². The Kier molecular flexibility index (Phi) is 5.11. The fourth-order valence-corrected chi connectivity index (χ4v) is 3.17. The summed E-state index contributed by atoms with van der Waals surface area (Å²) in [6, 6.07) is 13.2. The molecule has 2 aromatic rings. The molecule has 0 bridgehead atoms. The molecule has 0 saturated carbocycles. The largest absolute Gasteiger partial charge is 0.356 e. The predicted octanol–water partition coefficient (Wildman–Crippen LogP) is 3.76. The molecule has 1 aliphatic rings. The van der Waals surface area contributed by atoms with E-state index in [-0.39, 0.29) is 0 Å². The van der Waals surface area contributed by atoms with Crippen LogP contribution in [-0.2, 0) is 6.42 Å². The van der Waals surface area contributed by atoms with Gasteiger partial charge in [-0.1, -0.05) is 30.3 Å². The zero-order valence-electron chi connectivity index (χ0n) is 14.1. The van der Waals surface area contributed by atoms with Crippen molar-refractivity contribution in [3.05, 3.63) is 48.2 Å². The molecule has 0 atom stereocenters. The van der Waals surface area contributed by atoms with Gasteiger partial charge in [0.1, 0.15) is 5.82 Å². The van der Waals surface area contributed by atoms with Crippen molar-refractivity contribution in [3.63, 3.8) is 0 Å². The minimum absolute atomic E-state index is 0.349. The zero-order chi connectivity index (χ0) is 16.1. The molecule has 2 heterocycles. The molecule has 1 aromatic heterocycles. The van der Waals surface area contributed by atoms with E-state index >= 15 is 0 Å². The molecule has 4 heteroatoms. The molecular weight excluding hydrogens is 284 g/mol. The van der Waals surface area contributed by atoms with E-state index in [1.165, 1.54) is 24.8 Å². The van der Waals surface area contributed by atoms with Crippen LogP contribution in [0.5, 0.6) is 0 Å². The van der Waals surface area contributed by atoms with Gasteiger partial charge in [0.05, 0.1) is 0 Å². The molecule has 0 radical (unpaired) electrons. The van der Waals surface area contributed by atoms with Crippen LogP contribution in [0.25, 0.3) is 0 Å². The molecule has 0 amide bonds. The number of hydrogen-bond donors (Lipinski definition) is 1. The molecule has 1 aliphatic heterocycles. The number of rotatable bonds is 5. The van der Waals surface area contributed by atoms with Crippen LogP contribution in [0.3, 0.4) is 0 Å². The highest BCUT2D eigenvalue weighted by atomic mass is 15.2. The van der Waals surface area contributed by atoms with E-state index in [2.05, 4.69) is 64.4 Å². The Hall–Kier alpha value is -2.10. The molecule has 0 spiro atoms. The van der Waals surface area contributed by atoms with Gasteiger partial charge in [-0.15, -0.1) is 0 Å². The van der Waals surface area contributed by atoms with E-state index in [0.717, 1.165) is 30.8 Å². The lowest BCUT2D eigenvalue weighted by Crippen LogP contribution is -2.35. The second kappa shape index (κ2) is 7.44. The van der Waals surface area contributed by atoms with Gasteiger partial charge in [0, 0.05) is 25.3 Å². The van der Waals surface area contributed by atoms with E-state index in [0.29, 0.717) is 6.04 Å². The number of piperidine rings is 1. The van der Waals surface area contributed by atoms with Gasteiger partial charge in [0.25, 0.3) is 0 Å². The Bertz CT molecular complexity index is 604. The predicted molar refractivity (Wildman–Crippen MR) is 95.9 cm³/mol. The number of hydrogen-bond acceptors (Lipinski definition) is 4. The third-order valence-corrected chi connectivity index (χ3v) is 4.36. The number of anilines is 2. The smallest absolute Gasteiger partial charge is 0.224 e. The summed E-state index contributed by atoms with van der Waals surface area (Å²) in [6.07, 6.45) is 5.50. The highest BCUT2D eigenvalue weighted by Crippen LogP contribution is 2.25. The lowest BCUT2D eigenvalue weighted by atomic mass is 9.90. The van der Waals surface area contributed by atoms with Crippen molar-refractivity contribution in [2.45, 2.75) is 39.2 Å². The van der Waals surface area contributed by atoms with Crippen molar-refractivity contribution >= 4 is 11.8 Å². The minimum Gasteiger partial charge on any atom is -0.356 e. The first kappa shape index (κ1) is 15.8. The van der Waals surface area contributed by atoms with E-state index < -0.39 is 0 Å². The third-order valence-electron chi connectivity index (χ3n) is 4.36. The van der Waals surface area contributed by atoms with E-state index in [4.69, 9.17) is 0 Å². The Labute approximate surface area is 139 Å². The number of nitrogens with zero attached hydrogens (tertiary/aromatic N) is 3. The molecule has 1 N–H and O–H groups in total. The lowest BCUT2D eigenvalue weighted by molar-refractivity contribution is 0.402. The summed E-state index contributed by atoms with van der Waals surface area (Å²) in [5, 5.41) is 3.28. The maximum Gasteiger partial charge on any atom is 0.224 e. The molecule has 0 unspecified atom stereocenters. The maximum absolute atomic E-state index is 4.65. The van der Waals surface area contributed by atoms with Crippen LogP contribution >= 0.6 is 0 Å². The average molecular weight is 310 g/mol. The zero-order valence-corrected chi connectivity index (χ0v) is 14.1. The Balaban J connectivity index is 1.56. The van der Waals surface area contributed by atoms with Crippen LogP contribution in [-0.4, -0.2) is 29.1 Å². The molecule has 122 valence electrons. The van der Waals surface area contributed by atoms with E-state index in [9.17, 15) is 0 Å². The Morgan fingerprint density at radius 3 is 2.57 bits per heavy atom. The highest BCUT2D eigenvalue weighted by molar-refractivity contribution is 5.43. The number of aromatic nitrogens is 2. The summed E-state index contributed by atoms with van der Waals surface area (Å²) >= 11 is 0. The fraction of sp³-hybridized carbons (Fsp3) is 0.474. The summed E-state index contributed by atoms with van der Waals surface area (Å²) in [7, 11) is 0. The third kappa shape index (κ3) is 4.44. The highest BCUT2D eigenvalue weighted by Gasteiger charge is 2.20. The monoisotopic (exact) mass is 310 g/mol. The first-order valence-electron chi connectivity index (χ1n) is 8.59. The number of benzene rings is 1. The van der Waals surface area contributed by atoms with Crippen LogP contribution in [0.4, 0.5) is 11.8 Å². The molecular formula is C19H26N4. The van der Waals surface area contributed by atoms with Crippen molar-refractivity contribution in [3.8, 4) is 0 Å². The second-order valence-electron chi connectivity index (χ2n) is 6.66. The quantitative estimate of drug-likeness (QED) is 0.913. The normalized spacial score (nSPS) is 15.9. The standard InChI is InChI=1S/C19H26N4/c1-15(2)21-19-20-11-8-18(22-19)23-12-9-17(10-13-23)14-16-6-4-3-5-7-16/h3-8,11,15,17H,9-10,12-14H2,1-2H3,(H,20,21,22). The first-order chi connectivity index (χ1) is 11.2. The molecule has 1 fully saturated rings. The summed E-state index contributed by atoms with van der Waals surface area (Å²) in [5.41, 5.74) is 1.46. The van der Waals surface area contributed by atoms with E-state index in [1.807, 2.05) is 12.3 Å². The van der Waals surface area contributed by atoms with E-state index in [1.54, 1.807) is 0 Å². The van der Waals surface area contributed by atoms with Gasteiger partial charge in [-0.05, 0) is 50.7 Å². The van der Waals surface area contributed by atoms with Crippen molar-refractivity contribution in [2.75, 3.05) is 23.3 Å². The van der Waals surface area contributed by atoms with Gasteiger partial charge >= 0.3 is 0 Å². The van der Waals surface area contributed by atoms with Gasteiger partial charge in [0.15, 0.2) is 0 Å². The van der Waals surface area contributed by atoms with Crippen LogP contribution in [0, 0.1) is 5.92 Å². The molecule has 23 heavy (non-hydrogen) atoms. The average Bonchev–Trinajstić information content (AvgIpc) is 2.56. The Morgan fingerprint density at radius 2 is 1.87 bits per heavy atom. The maximum atomic E-state index is 4.65. The number of nitrogens with one attached hydrogen (secondary N) is 1. The molecule has 1 aromatic carbocycles. The minimum atomic E-state index is 0.349. The van der Waals surface area contributed by atoms with Crippen molar-refractivity contribution in [1.82, 2.24) is 9.97 Å². The van der Waals surface area contributed by atoms with Crippen LogP contribution in [0.1, 0.15) is 32.3 Å². The van der Waals surface area contributed by atoms with Gasteiger partial charge in [-0.25, -0.2) is 4.98 Å². The summed E-state index contributed by atoms with van der Waals surface area (Å²) in [4.78, 5) is 11.3. The Morgan fingerprint density at radius 1 is 1.13 bits per heavy atom. The SMILES string of the molecule is CC(C)Nc1nccc(N2CCC(Cc3ccccc3)CC2)n1. The molecule has 4 nitrogen and oxygen atoms in total. The lowest BCUT2D eigenvalue weighted by Gasteiger charge is -2.33. The van der Waals surface area contributed by atoms with Gasteiger partial charge in [0.2, 0.25) is 5.95 Å². The molecule has 0 aliphatic carbocycles. The van der Waals surface area contributed by atoms with Gasteiger partial charge < -0.3 is 10.2 Å². The summed E-state index contributed by atoms with van der Waals surface area (Å²) < 4.78 is 0. The fourth-order valence-electron chi connectivity index (χ4n) is 3.17. The molecule has 1 saturated heterocycles. The van der Waals surface area contributed by atoms with Gasteiger partial charge in [-0.3, -0.25) is 0 Å². The summed E-state index contributed by atoms with van der Waals surface area (Å²) in [6.45, 7) is 6.36. The van der Waals surface area contributed by atoms with Gasteiger partial charge in [-0.2, -0.15) is 4.98 Å². The topological polar surface area (TPSA) is 41.1 Å². The second-order valence-corrected chi connectivity index (χ2v) is 6.66. The summed E-state index contributed by atoms with van der Waals surface area (Å²) in [5.74, 6) is 2.55. The van der Waals surface area contributed by atoms with Crippen molar-refractivity contribution in [2.24, 2.45) is 5.92 Å². The van der Waals surface area contributed by atoms with Crippen LogP contribution in [0.15, 0.2) is 42.6 Å².